The zero-order valence-electron chi connectivity index (χ0n) is 15.8. The molecular formula is C20H21ClN4O2S. The summed E-state index contributed by atoms with van der Waals surface area (Å²) >= 11 is 7.08. The molecule has 8 heteroatoms. The molecule has 1 amide bonds. The molecule has 0 radical (unpaired) electrons. The van der Waals surface area contributed by atoms with E-state index in [9.17, 15) is 9.59 Å². The van der Waals surface area contributed by atoms with Gasteiger partial charge in [-0.25, -0.2) is 9.97 Å². The van der Waals surface area contributed by atoms with Crippen molar-refractivity contribution in [3.8, 4) is 0 Å². The van der Waals surface area contributed by atoms with E-state index in [0.29, 0.717) is 33.4 Å². The number of carbonyl (C=O) groups excluding carboxylic acids is 1. The van der Waals surface area contributed by atoms with Gasteiger partial charge < -0.3 is 5.32 Å². The van der Waals surface area contributed by atoms with Crippen LogP contribution in [0.4, 0.5) is 5.82 Å². The van der Waals surface area contributed by atoms with Crippen molar-refractivity contribution in [3.05, 3.63) is 58.0 Å². The molecule has 3 aromatic rings. The predicted octanol–water partition coefficient (Wildman–Crippen LogP) is 4.22. The fraction of sp³-hybridized carbons (Fsp3) is 0.300. The number of nitrogens with one attached hydrogen (secondary N) is 1. The van der Waals surface area contributed by atoms with Gasteiger partial charge in [-0.2, -0.15) is 0 Å². The number of fused-ring (bicyclic) bond motifs is 1. The minimum Gasteiger partial charge on any atom is -0.310 e. The van der Waals surface area contributed by atoms with E-state index < -0.39 is 5.25 Å². The third kappa shape index (κ3) is 4.72. The number of pyridine rings is 1. The van der Waals surface area contributed by atoms with Gasteiger partial charge in [0.25, 0.3) is 5.56 Å². The molecule has 0 saturated heterocycles. The van der Waals surface area contributed by atoms with Crippen molar-refractivity contribution < 1.29 is 4.79 Å². The second-order valence-electron chi connectivity index (χ2n) is 6.83. The highest BCUT2D eigenvalue weighted by Gasteiger charge is 2.20. The lowest BCUT2D eigenvalue weighted by molar-refractivity contribution is -0.115. The number of hydrogen-bond donors (Lipinski definition) is 1. The number of hydrogen-bond acceptors (Lipinski definition) is 5. The van der Waals surface area contributed by atoms with Crippen molar-refractivity contribution in [1.82, 2.24) is 14.5 Å². The first-order chi connectivity index (χ1) is 13.3. The Morgan fingerprint density at radius 3 is 2.64 bits per heavy atom. The number of rotatable bonds is 6. The maximum Gasteiger partial charge on any atom is 0.262 e. The lowest BCUT2D eigenvalue weighted by atomic mass is 10.2. The van der Waals surface area contributed by atoms with Gasteiger partial charge in [-0.15, -0.1) is 0 Å². The largest absolute Gasteiger partial charge is 0.310 e. The molecule has 0 aliphatic rings. The number of carbonyl (C=O) groups is 1. The van der Waals surface area contributed by atoms with Gasteiger partial charge in [-0.3, -0.25) is 14.2 Å². The van der Waals surface area contributed by atoms with Crippen LogP contribution in [-0.4, -0.2) is 25.7 Å². The first-order valence-electron chi connectivity index (χ1n) is 8.94. The standard InChI is InChI=1S/C20H21ClN4O2S/c1-12(2)11-25-19(27)15-6-4-5-7-16(15)23-20(25)28-13(3)18(26)24-17-9-8-14(21)10-22-17/h4-10,12-13H,11H2,1-3H3,(H,22,24,26)/t13-/m0/s1. The van der Waals surface area contributed by atoms with Crippen LogP contribution < -0.4 is 10.9 Å². The second kappa shape index (κ2) is 8.75. The number of aromatic nitrogens is 3. The number of nitrogens with zero attached hydrogens (tertiary/aromatic N) is 3. The summed E-state index contributed by atoms with van der Waals surface area (Å²) in [6.07, 6.45) is 1.47. The summed E-state index contributed by atoms with van der Waals surface area (Å²) in [5, 5.41) is 3.90. The Balaban J connectivity index is 1.88. The Hall–Kier alpha value is -2.38. The first kappa shape index (κ1) is 20.4. The molecule has 28 heavy (non-hydrogen) atoms. The molecule has 0 unspecified atom stereocenters. The summed E-state index contributed by atoms with van der Waals surface area (Å²) in [5.74, 6) is 0.466. The van der Waals surface area contributed by atoms with Crippen molar-refractivity contribution in [2.45, 2.75) is 37.7 Å². The molecule has 0 spiro atoms. The van der Waals surface area contributed by atoms with Gasteiger partial charge in [0, 0.05) is 12.7 Å². The van der Waals surface area contributed by atoms with Crippen molar-refractivity contribution in [2.24, 2.45) is 5.92 Å². The Morgan fingerprint density at radius 1 is 1.21 bits per heavy atom. The van der Waals surface area contributed by atoms with E-state index in [-0.39, 0.29) is 17.4 Å². The zero-order chi connectivity index (χ0) is 20.3. The quantitative estimate of drug-likeness (QED) is 0.481. The Kier molecular flexibility index (Phi) is 6.36. The van der Waals surface area contributed by atoms with Crippen LogP contribution in [-0.2, 0) is 11.3 Å². The topological polar surface area (TPSA) is 76.9 Å². The van der Waals surface area contributed by atoms with E-state index >= 15 is 0 Å². The monoisotopic (exact) mass is 416 g/mol. The van der Waals surface area contributed by atoms with Crippen molar-refractivity contribution in [2.75, 3.05) is 5.32 Å². The van der Waals surface area contributed by atoms with Gasteiger partial charge in [-0.05, 0) is 37.1 Å². The molecule has 0 aliphatic carbocycles. The molecule has 0 bridgehead atoms. The molecule has 0 fully saturated rings. The number of halogens is 1. The van der Waals surface area contributed by atoms with Crippen LogP contribution in [0, 0.1) is 5.92 Å². The molecule has 146 valence electrons. The van der Waals surface area contributed by atoms with Crippen molar-refractivity contribution in [1.29, 1.82) is 0 Å². The summed E-state index contributed by atoms with van der Waals surface area (Å²) < 4.78 is 1.65. The molecule has 2 aromatic heterocycles. The maximum atomic E-state index is 12.9. The maximum absolute atomic E-state index is 12.9. The highest BCUT2D eigenvalue weighted by molar-refractivity contribution is 8.00. The number of amides is 1. The average molecular weight is 417 g/mol. The summed E-state index contributed by atoms with van der Waals surface area (Å²) in [5.41, 5.74) is 0.538. The lowest BCUT2D eigenvalue weighted by Crippen LogP contribution is -2.28. The molecule has 3 rings (SSSR count). The fourth-order valence-corrected chi connectivity index (χ4v) is 3.68. The summed E-state index contributed by atoms with van der Waals surface area (Å²) in [4.78, 5) is 34.2. The fourth-order valence-electron chi connectivity index (χ4n) is 2.65. The van der Waals surface area contributed by atoms with Crippen molar-refractivity contribution in [3.63, 3.8) is 0 Å². The molecule has 6 nitrogen and oxygen atoms in total. The van der Waals surface area contributed by atoms with Crippen LogP contribution in [0.5, 0.6) is 0 Å². The van der Waals surface area contributed by atoms with Gasteiger partial charge in [0.15, 0.2) is 5.16 Å². The Bertz CT molecular complexity index is 1050. The number of para-hydroxylation sites is 1. The number of anilines is 1. The molecule has 1 atom stereocenters. The van der Waals surface area contributed by atoms with E-state index in [0.717, 1.165) is 0 Å². The van der Waals surface area contributed by atoms with Crippen LogP contribution in [0.15, 0.2) is 52.5 Å². The van der Waals surface area contributed by atoms with Gasteiger partial charge in [0.2, 0.25) is 5.91 Å². The van der Waals surface area contributed by atoms with Crippen LogP contribution >= 0.6 is 23.4 Å². The van der Waals surface area contributed by atoms with Crippen LogP contribution in [0.2, 0.25) is 5.02 Å². The Labute approximate surface area is 172 Å². The highest BCUT2D eigenvalue weighted by Crippen LogP contribution is 2.24. The summed E-state index contributed by atoms with van der Waals surface area (Å²) in [6.45, 7) is 6.39. The van der Waals surface area contributed by atoms with Gasteiger partial charge >= 0.3 is 0 Å². The van der Waals surface area contributed by atoms with E-state index in [4.69, 9.17) is 11.6 Å². The van der Waals surface area contributed by atoms with E-state index in [1.807, 2.05) is 32.0 Å². The van der Waals surface area contributed by atoms with Gasteiger partial charge in [0.05, 0.1) is 21.2 Å². The normalized spacial score (nSPS) is 12.3. The number of thioether (sulfide) groups is 1. The van der Waals surface area contributed by atoms with E-state index in [1.165, 1.54) is 18.0 Å². The molecule has 0 aliphatic heterocycles. The van der Waals surface area contributed by atoms with Gasteiger partial charge in [-0.1, -0.05) is 49.3 Å². The Morgan fingerprint density at radius 2 is 1.96 bits per heavy atom. The average Bonchev–Trinajstić information content (AvgIpc) is 2.66. The first-order valence-corrected chi connectivity index (χ1v) is 10.2. The predicted molar refractivity (Wildman–Crippen MR) is 114 cm³/mol. The number of benzene rings is 1. The van der Waals surface area contributed by atoms with Crippen LogP contribution in [0.1, 0.15) is 20.8 Å². The van der Waals surface area contributed by atoms with Crippen LogP contribution in [0.25, 0.3) is 10.9 Å². The minimum absolute atomic E-state index is 0.0891. The van der Waals surface area contributed by atoms with Crippen LogP contribution in [0.3, 0.4) is 0 Å². The SMILES string of the molecule is CC(C)Cn1c(S[C@@H](C)C(=O)Nc2ccc(Cl)cn2)nc2ccccc2c1=O. The third-order valence-corrected chi connectivity index (χ3v) is 5.32. The third-order valence-electron chi connectivity index (χ3n) is 4.00. The molecule has 1 N–H and O–H groups in total. The lowest BCUT2D eigenvalue weighted by Gasteiger charge is -2.17. The van der Waals surface area contributed by atoms with E-state index in [2.05, 4.69) is 15.3 Å². The van der Waals surface area contributed by atoms with Crippen molar-refractivity contribution >= 4 is 46.0 Å². The minimum atomic E-state index is -0.469. The zero-order valence-corrected chi connectivity index (χ0v) is 17.4. The van der Waals surface area contributed by atoms with Gasteiger partial charge in [0.1, 0.15) is 5.82 Å². The molecule has 2 heterocycles. The molecule has 0 saturated carbocycles. The second-order valence-corrected chi connectivity index (χ2v) is 8.58. The summed E-state index contributed by atoms with van der Waals surface area (Å²) in [7, 11) is 0. The molecule has 1 aromatic carbocycles. The smallest absolute Gasteiger partial charge is 0.262 e. The highest BCUT2D eigenvalue weighted by atomic mass is 35.5. The molecular weight excluding hydrogens is 396 g/mol. The van der Waals surface area contributed by atoms with E-state index in [1.54, 1.807) is 29.7 Å². The summed E-state index contributed by atoms with van der Waals surface area (Å²) in [6, 6.07) is 10.6.